The van der Waals surface area contributed by atoms with Gasteiger partial charge in [0.2, 0.25) is 5.91 Å². The maximum Gasteiger partial charge on any atom is 0.248 e. The first-order valence-electron chi connectivity index (χ1n) is 11.3. The number of nitrogens with two attached hydrogens (primary N) is 1. The van der Waals surface area contributed by atoms with E-state index in [1.165, 1.54) is 35.1 Å². The van der Waals surface area contributed by atoms with E-state index in [9.17, 15) is 4.79 Å². The van der Waals surface area contributed by atoms with Crippen molar-refractivity contribution in [3.63, 3.8) is 0 Å². The molecule has 0 spiro atoms. The Morgan fingerprint density at radius 3 is 1.65 bits per heavy atom. The van der Waals surface area contributed by atoms with Crippen molar-refractivity contribution in [2.45, 2.75) is 67.7 Å². The summed E-state index contributed by atoms with van der Waals surface area (Å²) in [4.78, 5) is 10.6. The average molecular weight is 420 g/mol. The van der Waals surface area contributed by atoms with Crippen molar-refractivity contribution in [3.8, 4) is 0 Å². The number of carbonyl (C=O) groups is 1. The molecule has 2 N–H and O–H groups in total. The zero-order chi connectivity index (χ0) is 23.6. The van der Waals surface area contributed by atoms with Crippen molar-refractivity contribution in [2.75, 3.05) is 0 Å². The van der Waals surface area contributed by atoms with E-state index in [1.54, 1.807) is 12.1 Å². The van der Waals surface area contributed by atoms with Crippen LogP contribution >= 0.6 is 0 Å². The predicted molar refractivity (Wildman–Crippen MR) is 137 cm³/mol. The summed E-state index contributed by atoms with van der Waals surface area (Å²) in [5.41, 5.74) is 12.3. The van der Waals surface area contributed by atoms with Gasteiger partial charge in [-0.25, -0.2) is 0 Å². The number of primary amides is 1. The van der Waals surface area contributed by atoms with E-state index >= 15 is 0 Å². The Bertz CT molecular complexity index is 845. The van der Waals surface area contributed by atoms with Gasteiger partial charge in [0, 0.05) is 5.56 Å². The van der Waals surface area contributed by atoms with Crippen LogP contribution in [0.15, 0.2) is 72.8 Å². The van der Waals surface area contributed by atoms with Gasteiger partial charge in [0.15, 0.2) is 0 Å². The summed E-state index contributed by atoms with van der Waals surface area (Å²) < 4.78 is 0. The van der Waals surface area contributed by atoms with Crippen molar-refractivity contribution in [2.24, 2.45) is 5.73 Å². The molecule has 0 heterocycles. The first-order valence-corrected chi connectivity index (χ1v) is 11.3. The quantitative estimate of drug-likeness (QED) is 0.464. The highest BCUT2D eigenvalue weighted by Gasteiger charge is 1.96. The van der Waals surface area contributed by atoms with Crippen LogP contribution in [-0.4, -0.2) is 5.91 Å². The molecule has 0 bridgehead atoms. The fourth-order valence-corrected chi connectivity index (χ4v) is 2.73. The smallest absolute Gasteiger partial charge is 0.248 e. The minimum Gasteiger partial charge on any atom is -0.366 e. The molecule has 0 aliphatic rings. The maximum absolute atomic E-state index is 10.6. The molecule has 3 aromatic carbocycles. The van der Waals surface area contributed by atoms with E-state index in [0.29, 0.717) is 5.56 Å². The van der Waals surface area contributed by atoms with Crippen LogP contribution < -0.4 is 5.73 Å². The van der Waals surface area contributed by atoms with Gasteiger partial charge in [-0.05, 0) is 56.9 Å². The molecule has 0 fully saturated rings. The van der Waals surface area contributed by atoms with Crippen LogP contribution in [0.5, 0.6) is 0 Å². The van der Waals surface area contributed by atoms with Crippen LogP contribution in [0.25, 0.3) is 0 Å². The van der Waals surface area contributed by atoms with E-state index in [0.717, 1.165) is 12.0 Å². The fraction of sp³-hybridized carbons (Fsp3) is 0.345. The van der Waals surface area contributed by atoms with Crippen LogP contribution in [0.4, 0.5) is 0 Å². The third-order valence-corrected chi connectivity index (χ3v) is 4.46. The topological polar surface area (TPSA) is 43.1 Å². The SMILES string of the molecule is CC.CCCc1cccc(CC)c1.Cc1ccc(C)cc1.Cc1cccc(C(N)=O)c1. The molecular weight excluding hydrogens is 378 g/mol. The van der Waals surface area contributed by atoms with E-state index in [2.05, 4.69) is 76.2 Å². The third kappa shape index (κ3) is 13.1. The Kier molecular flexibility index (Phi) is 15.3. The van der Waals surface area contributed by atoms with Crippen LogP contribution in [0.2, 0.25) is 0 Å². The van der Waals surface area contributed by atoms with Crippen LogP contribution in [0, 0.1) is 20.8 Å². The number of hydrogen-bond acceptors (Lipinski definition) is 1. The standard InChI is InChI=1S/C11H16.C8H9NO.C8H10.C2H6/c1-3-6-11-8-5-7-10(4-2)9-11;1-6-3-2-4-7(5-6)8(9)10;1-7-3-5-8(2)6-4-7;1-2/h5,7-9H,3-4,6H2,1-2H3;2-5H,1H3,(H2,9,10);3-6H,1-2H3;1-2H3. The average Bonchev–Trinajstić information content (AvgIpc) is 2.78. The third-order valence-electron chi connectivity index (χ3n) is 4.46. The second-order valence-corrected chi connectivity index (χ2v) is 7.31. The highest BCUT2D eigenvalue weighted by atomic mass is 16.1. The number of rotatable bonds is 4. The molecule has 0 saturated heterocycles. The number of aryl methyl sites for hydroxylation is 5. The highest BCUT2D eigenvalue weighted by molar-refractivity contribution is 5.92. The molecule has 2 heteroatoms. The van der Waals surface area contributed by atoms with Crippen molar-refractivity contribution in [3.05, 3.63) is 106 Å². The normalized spacial score (nSPS) is 9.13. The van der Waals surface area contributed by atoms with Gasteiger partial charge in [-0.15, -0.1) is 0 Å². The lowest BCUT2D eigenvalue weighted by molar-refractivity contribution is 0.1000. The Labute approximate surface area is 190 Å². The van der Waals surface area contributed by atoms with Crippen molar-refractivity contribution in [1.29, 1.82) is 0 Å². The lowest BCUT2D eigenvalue weighted by Gasteiger charge is -2.00. The lowest BCUT2D eigenvalue weighted by Crippen LogP contribution is -2.10. The summed E-state index contributed by atoms with van der Waals surface area (Å²) in [6, 6.07) is 24.6. The Morgan fingerprint density at radius 1 is 0.710 bits per heavy atom. The Hall–Kier alpha value is -2.87. The van der Waals surface area contributed by atoms with Gasteiger partial charge < -0.3 is 5.73 Å². The minimum atomic E-state index is -0.372. The molecule has 3 rings (SSSR count). The number of carbonyl (C=O) groups excluding carboxylic acids is 1. The number of benzene rings is 3. The molecule has 3 aromatic rings. The summed E-state index contributed by atoms with van der Waals surface area (Å²) in [6.45, 7) is 14.5. The van der Waals surface area contributed by atoms with Gasteiger partial charge in [0.1, 0.15) is 0 Å². The van der Waals surface area contributed by atoms with E-state index < -0.39 is 0 Å². The first-order chi connectivity index (χ1) is 14.8. The fourth-order valence-electron chi connectivity index (χ4n) is 2.73. The molecule has 0 unspecified atom stereocenters. The van der Waals surface area contributed by atoms with Gasteiger partial charge in [-0.2, -0.15) is 0 Å². The zero-order valence-electron chi connectivity index (χ0n) is 20.5. The predicted octanol–water partition coefficient (Wildman–Crippen LogP) is 7.63. The lowest BCUT2D eigenvalue weighted by atomic mass is 10.1. The summed E-state index contributed by atoms with van der Waals surface area (Å²) in [6.07, 6.45) is 3.61. The second-order valence-electron chi connectivity index (χ2n) is 7.31. The largest absolute Gasteiger partial charge is 0.366 e. The van der Waals surface area contributed by atoms with Crippen LogP contribution in [-0.2, 0) is 12.8 Å². The molecule has 0 saturated carbocycles. The molecule has 0 aliphatic heterocycles. The Morgan fingerprint density at radius 2 is 1.23 bits per heavy atom. The van der Waals surface area contributed by atoms with Gasteiger partial charge in [0.25, 0.3) is 0 Å². The van der Waals surface area contributed by atoms with Gasteiger partial charge >= 0.3 is 0 Å². The second kappa shape index (κ2) is 16.9. The number of amides is 1. The van der Waals surface area contributed by atoms with Gasteiger partial charge in [0.05, 0.1) is 0 Å². The Balaban J connectivity index is 0.000000423. The van der Waals surface area contributed by atoms with Crippen molar-refractivity contribution >= 4 is 5.91 Å². The summed E-state index contributed by atoms with van der Waals surface area (Å²) in [5, 5.41) is 0. The summed E-state index contributed by atoms with van der Waals surface area (Å²) >= 11 is 0. The summed E-state index contributed by atoms with van der Waals surface area (Å²) in [5.74, 6) is -0.372. The summed E-state index contributed by atoms with van der Waals surface area (Å²) in [7, 11) is 0. The molecule has 2 nitrogen and oxygen atoms in total. The molecule has 168 valence electrons. The number of hydrogen-bond donors (Lipinski definition) is 1. The maximum atomic E-state index is 10.6. The molecule has 0 aliphatic carbocycles. The molecular formula is C29H41NO. The van der Waals surface area contributed by atoms with E-state index in [4.69, 9.17) is 5.73 Å². The molecule has 1 amide bonds. The van der Waals surface area contributed by atoms with Crippen molar-refractivity contribution < 1.29 is 4.79 Å². The van der Waals surface area contributed by atoms with Crippen molar-refractivity contribution in [1.82, 2.24) is 0 Å². The van der Waals surface area contributed by atoms with E-state index in [1.807, 2.05) is 32.9 Å². The minimum absolute atomic E-state index is 0.372. The highest BCUT2D eigenvalue weighted by Crippen LogP contribution is 2.07. The van der Waals surface area contributed by atoms with E-state index in [-0.39, 0.29) is 5.91 Å². The first kappa shape index (κ1) is 28.1. The molecule has 31 heavy (non-hydrogen) atoms. The monoisotopic (exact) mass is 419 g/mol. The zero-order valence-corrected chi connectivity index (χ0v) is 20.5. The molecule has 0 aromatic heterocycles. The van der Waals surface area contributed by atoms with Crippen LogP contribution in [0.1, 0.15) is 72.3 Å². The van der Waals surface area contributed by atoms with Gasteiger partial charge in [-0.3, -0.25) is 4.79 Å². The van der Waals surface area contributed by atoms with Crippen LogP contribution in [0.3, 0.4) is 0 Å². The molecule has 0 atom stereocenters. The van der Waals surface area contributed by atoms with Gasteiger partial charge in [-0.1, -0.05) is 111 Å². The molecule has 0 radical (unpaired) electrons.